The van der Waals surface area contributed by atoms with Crippen LogP contribution >= 0.6 is 0 Å². The highest BCUT2D eigenvalue weighted by atomic mass is 16.6. The fourth-order valence-electron chi connectivity index (χ4n) is 3.16. The van der Waals surface area contributed by atoms with E-state index in [9.17, 15) is 10.1 Å². The molecule has 0 spiro atoms. The molecule has 0 amide bonds. The minimum atomic E-state index is -0.352. The monoisotopic (exact) mass is 326 g/mol. The van der Waals surface area contributed by atoms with Crippen molar-refractivity contribution in [1.29, 1.82) is 0 Å². The van der Waals surface area contributed by atoms with Gasteiger partial charge < -0.3 is 5.32 Å². The molecule has 2 heterocycles. The average molecular weight is 326 g/mol. The van der Waals surface area contributed by atoms with Crippen molar-refractivity contribution >= 4 is 11.5 Å². The van der Waals surface area contributed by atoms with Gasteiger partial charge in [0.05, 0.1) is 4.92 Å². The molecule has 1 aromatic heterocycles. The maximum Gasteiger partial charge on any atom is 0.314 e. The summed E-state index contributed by atoms with van der Waals surface area (Å²) in [7, 11) is 0. The first-order chi connectivity index (χ1) is 11.6. The standard InChI is InChI=1S/C18H22N4O2/c1-14-7-10-19-18(17(14)22(23)24)20-16-8-11-21(12-9-16)13-15-5-3-2-4-6-15/h2-7,10,16H,8-9,11-13H2,1H3,(H,19,20). The minimum Gasteiger partial charge on any atom is -0.362 e. The highest BCUT2D eigenvalue weighted by Gasteiger charge is 2.24. The number of nitrogens with one attached hydrogen (secondary N) is 1. The Morgan fingerprint density at radius 1 is 1.25 bits per heavy atom. The second-order valence-corrected chi connectivity index (χ2v) is 6.26. The molecule has 24 heavy (non-hydrogen) atoms. The fraction of sp³-hybridized carbons (Fsp3) is 0.389. The van der Waals surface area contributed by atoms with E-state index in [1.807, 2.05) is 6.07 Å². The van der Waals surface area contributed by atoms with Crippen LogP contribution in [0.1, 0.15) is 24.0 Å². The first kappa shape index (κ1) is 16.4. The van der Waals surface area contributed by atoms with Crippen molar-refractivity contribution in [3.05, 3.63) is 63.8 Å². The lowest BCUT2D eigenvalue weighted by atomic mass is 10.0. The summed E-state index contributed by atoms with van der Waals surface area (Å²) < 4.78 is 0. The van der Waals surface area contributed by atoms with Crippen molar-refractivity contribution in [2.24, 2.45) is 0 Å². The average Bonchev–Trinajstić information content (AvgIpc) is 2.57. The van der Waals surface area contributed by atoms with E-state index in [0.29, 0.717) is 11.4 Å². The first-order valence-corrected chi connectivity index (χ1v) is 8.26. The minimum absolute atomic E-state index is 0.0872. The van der Waals surface area contributed by atoms with Crippen molar-refractivity contribution in [1.82, 2.24) is 9.88 Å². The number of aryl methyl sites for hydroxylation is 1. The van der Waals surface area contributed by atoms with Gasteiger partial charge in [0.1, 0.15) is 0 Å². The number of nitro groups is 1. The molecular formula is C18H22N4O2. The van der Waals surface area contributed by atoms with E-state index in [1.54, 1.807) is 19.2 Å². The first-order valence-electron chi connectivity index (χ1n) is 8.26. The quantitative estimate of drug-likeness (QED) is 0.674. The number of pyridine rings is 1. The summed E-state index contributed by atoms with van der Waals surface area (Å²) in [4.78, 5) is 17.5. The van der Waals surface area contributed by atoms with Gasteiger partial charge in [-0.15, -0.1) is 0 Å². The van der Waals surface area contributed by atoms with Gasteiger partial charge in [0, 0.05) is 37.4 Å². The maximum atomic E-state index is 11.3. The van der Waals surface area contributed by atoms with Crippen LogP contribution in [0, 0.1) is 17.0 Å². The van der Waals surface area contributed by atoms with Crippen LogP contribution < -0.4 is 5.32 Å². The molecular weight excluding hydrogens is 304 g/mol. The Bertz CT molecular complexity index is 697. The molecule has 6 nitrogen and oxygen atoms in total. The Hall–Kier alpha value is -2.47. The number of benzene rings is 1. The zero-order valence-electron chi connectivity index (χ0n) is 13.8. The highest BCUT2D eigenvalue weighted by molar-refractivity contribution is 5.60. The SMILES string of the molecule is Cc1ccnc(NC2CCN(Cc3ccccc3)CC2)c1[N+](=O)[O-]. The molecule has 1 aliphatic rings. The number of nitrogens with zero attached hydrogens (tertiary/aromatic N) is 3. The molecule has 1 saturated heterocycles. The number of likely N-dealkylation sites (tertiary alicyclic amines) is 1. The Labute approximate surface area is 141 Å². The third kappa shape index (κ3) is 3.89. The molecule has 126 valence electrons. The Morgan fingerprint density at radius 2 is 1.96 bits per heavy atom. The van der Waals surface area contributed by atoms with E-state index in [0.717, 1.165) is 32.5 Å². The topological polar surface area (TPSA) is 71.3 Å². The van der Waals surface area contributed by atoms with E-state index < -0.39 is 0 Å². The van der Waals surface area contributed by atoms with Gasteiger partial charge in [0.25, 0.3) is 0 Å². The van der Waals surface area contributed by atoms with Crippen LogP contribution in [0.3, 0.4) is 0 Å². The van der Waals surface area contributed by atoms with Gasteiger partial charge in [0.15, 0.2) is 0 Å². The molecule has 2 aromatic rings. The lowest BCUT2D eigenvalue weighted by Gasteiger charge is -2.32. The zero-order chi connectivity index (χ0) is 16.9. The predicted molar refractivity (Wildman–Crippen MR) is 94.0 cm³/mol. The second kappa shape index (κ2) is 7.40. The molecule has 1 N–H and O–H groups in total. The van der Waals surface area contributed by atoms with Gasteiger partial charge >= 0.3 is 5.69 Å². The summed E-state index contributed by atoms with van der Waals surface area (Å²) in [5, 5.41) is 14.5. The van der Waals surface area contributed by atoms with Gasteiger partial charge in [0.2, 0.25) is 5.82 Å². The summed E-state index contributed by atoms with van der Waals surface area (Å²) in [6, 6.07) is 12.3. The van der Waals surface area contributed by atoms with Gasteiger partial charge in [-0.2, -0.15) is 0 Å². The number of rotatable bonds is 5. The van der Waals surface area contributed by atoms with E-state index in [4.69, 9.17) is 0 Å². The third-order valence-electron chi connectivity index (χ3n) is 4.49. The van der Waals surface area contributed by atoms with E-state index in [2.05, 4.69) is 39.5 Å². The van der Waals surface area contributed by atoms with Crippen molar-refractivity contribution in [2.45, 2.75) is 32.4 Å². The third-order valence-corrected chi connectivity index (χ3v) is 4.49. The largest absolute Gasteiger partial charge is 0.362 e. The molecule has 6 heteroatoms. The molecule has 0 bridgehead atoms. The zero-order valence-corrected chi connectivity index (χ0v) is 13.8. The van der Waals surface area contributed by atoms with Gasteiger partial charge in [-0.05, 0) is 31.4 Å². The van der Waals surface area contributed by atoms with E-state index in [1.165, 1.54) is 5.56 Å². The molecule has 0 aliphatic carbocycles. The Kier molecular flexibility index (Phi) is 5.05. The van der Waals surface area contributed by atoms with Crippen LogP contribution in [0.15, 0.2) is 42.6 Å². The molecule has 0 atom stereocenters. The molecule has 3 rings (SSSR count). The van der Waals surface area contributed by atoms with Crippen LogP contribution in [-0.4, -0.2) is 33.9 Å². The molecule has 1 fully saturated rings. The van der Waals surface area contributed by atoms with Crippen molar-refractivity contribution in [3.63, 3.8) is 0 Å². The van der Waals surface area contributed by atoms with Crippen LogP contribution in [0.25, 0.3) is 0 Å². The van der Waals surface area contributed by atoms with E-state index in [-0.39, 0.29) is 16.7 Å². The fourth-order valence-corrected chi connectivity index (χ4v) is 3.16. The molecule has 0 saturated carbocycles. The van der Waals surface area contributed by atoms with Crippen LogP contribution in [0.2, 0.25) is 0 Å². The molecule has 1 aromatic carbocycles. The summed E-state index contributed by atoms with van der Waals surface area (Å²) in [6.07, 6.45) is 3.54. The molecule has 0 unspecified atom stereocenters. The normalized spacial score (nSPS) is 16.0. The Balaban J connectivity index is 1.58. The van der Waals surface area contributed by atoms with Crippen LogP contribution in [0.4, 0.5) is 11.5 Å². The number of hydrogen-bond acceptors (Lipinski definition) is 5. The van der Waals surface area contributed by atoms with Gasteiger partial charge in [-0.1, -0.05) is 30.3 Å². The number of hydrogen-bond donors (Lipinski definition) is 1. The highest BCUT2D eigenvalue weighted by Crippen LogP contribution is 2.27. The maximum absolute atomic E-state index is 11.3. The molecule has 0 radical (unpaired) electrons. The van der Waals surface area contributed by atoms with Gasteiger partial charge in [-0.3, -0.25) is 15.0 Å². The smallest absolute Gasteiger partial charge is 0.314 e. The lowest BCUT2D eigenvalue weighted by molar-refractivity contribution is -0.384. The van der Waals surface area contributed by atoms with Crippen LogP contribution in [0.5, 0.6) is 0 Å². The molecule has 1 aliphatic heterocycles. The summed E-state index contributed by atoms with van der Waals surface area (Å²) in [5.74, 6) is 0.390. The lowest BCUT2D eigenvalue weighted by Crippen LogP contribution is -2.38. The van der Waals surface area contributed by atoms with Gasteiger partial charge in [-0.25, -0.2) is 4.98 Å². The summed E-state index contributed by atoms with van der Waals surface area (Å²) >= 11 is 0. The van der Waals surface area contributed by atoms with E-state index >= 15 is 0 Å². The second-order valence-electron chi connectivity index (χ2n) is 6.26. The number of aromatic nitrogens is 1. The summed E-state index contributed by atoms with van der Waals surface area (Å²) in [5.41, 5.74) is 2.04. The van der Waals surface area contributed by atoms with Crippen LogP contribution in [-0.2, 0) is 6.54 Å². The Morgan fingerprint density at radius 3 is 2.62 bits per heavy atom. The van der Waals surface area contributed by atoms with Crippen molar-refractivity contribution < 1.29 is 4.92 Å². The number of piperidine rings is 1. The van der Waals surface area contributed by atoms with Crippen molar-refractivity contribution in [3.8, 4) is 0 Å². The summed E-state index contributed by atoms with van der Waals surface area (Å²) in [6.45, 7) is 4.65. The number of anilines is 1. The van der Waals surface area contributed by atoms with Crippen molar-refractivity contribution in [2.75, 3.05) is 18.4 Å². The predicted octanol–water partition coefficient (Wildman–Crippen LogP) is 3.37.